The molecule has 0 spiro atoms. The van der Waals surface area contributed by atoms with Crippen LogP contribution in [0.2, 0.25) is 5.02 Å². The van der Waals surface area contributed by atoms with Crippen LogP contribution in [0.3, 0.4) is 0 Å². The van der Waals surface area contributed by atoms with E-state index in [1.54, 1.807) is 6.07 Å². The molecule has 1 radical (unpaired) electrons. The molecular formula is C13H4ClF3N. The predicted molar refractivity (Wildman–Crippen MR) is 60.3 cm³/mol. The number of hydrogen-bond donors (Lipinski definition) is 0. The zero-order valence-electron chi connectivity index (χ0n) is 8.77. The Labute approximate surface area is 106 Å². The maximum Gasteiger partial charge on any atom is 0.135 e. The van der Waals surface area contributed by atoms with Gasteiger partial charge in [-0.15, -0.1) is 0 Å². The van der Waals surface area contributed by atoms with E-state index in [0.29, 0.717) is 0 Å². The number of hydrogen-bond acceptors (Lipinski definition) is 1. The van der Waals surface area contributed by atoms with Crippen molar-refractivity contribution >= 4 is 11.6 Å². The first-order valence-corrected chi connectivity index (χ1v) is 5.17. The highest BCUT2D eigenvalue weighted by Gasteiger charge is 2.19. The molecule has 89 valence electrons. The molecule has 0 saturated carbocycles. The molecule has 0 fully saturated rings. The average molecular weight is 267 g/mol. The van der Waals surface area contributed by atoms with Crippen molar-refractivity contribution < 1.29 is 13.2 Å². The van der Waals surface area contributed by atoms with Gasteiger partial charge in [-0.1, -0.05) is 11.6 Å². The van der Waals surface area contributed by atoms with E-state index in [1.807, 2.05) is 0 Å². The van der Waals surface area contributed by atoms with Crippen LogP contribution < -0.4 is 0 Å². The molecule has 0 atom stereocenters. The fraction of sp³-hybridized carbons (Fsp3) is 0. The number of rotatable bonds is 1. The molecule has 0 heterocycles. The first-order chi connectivity index (χ1) is 8.54. The van der Waals surface area contributed by atoms with Gasteiger partial charge < -0.3 is 0 Å². The van der Waals surface area contributed by atoms with Crippen LogP contribution in [0.5, 0.6) is 0 Å². The molecule has 1 nitrogen and oxygen atoms in total. The van der Waals surface area contributed by atoms with Gasteiger partial charge in [-0.25, -0.2) is 13.2 Å². The highest BCUT2D eigenvalue weighted by Crippen LogP contribution is 2.34. The molecule has 0 aliphatic heterocycles. The summed E-state index contributed by atoms with van der Waals surface area (Å²) in [6.07, 6.45) is 0. The molecule has 0 bridgehead atoms. The van der Waals surface area contributed by atoms with Crippen LogP contribution in [-0.2, 0) is 0 Å². The van der Waals surface area contributed by atoms with E-state index in [4.69, 9.17) is 16.9 Å². The summed E-state index contributed by atoms with van der Waals surface area (Å²) in [6.45, 7) is 0. The first-order valence-electron chi connectivity index (χ1n) is 4.79. The maximum atomic E-state index is 13.7. The Bertz CT molecular complexity index is 619. The Balaban J connectivity index is 2.77. The SMILES string of the molecule is N#Cc1cc(F)c(-c2c(Cl)[c]ccc2F)c(F)c1. The van der Waals surface area contributed by atoms with Gasteiger partial charge in [0.25, 0.3) is 0 Å². The standard InChI is InChI=1S/C13H4ClF3N/c14-8-2-1-3-9(15)12(8)13-10(16)4-7(6-18)5-11(13)17/h1,3-5H. The van der Waals surface area contributed by atoms with Gasteiger partial charge in [-0.05, 0) is 24.3 Å². The molecular weight excluding hydrogens is 263 g/mol. The number of benzene rings is 2. The van der Waals surface area contributed by atoms with Gasteiger partial charge in [0.1, 0.15) is 17.5 Å². The van der Waals surface area contributed by atoms with E-state index in [2.05, 4.69) is 6.07 Å². The van der Waals surface area contributed by atoms with Gasteiger partial charge in [-0.3, -0.25) is 0 Å². The van der Waals surface area contributed by atoms with Crippen molar-refractivity contribution in [2.24, 2.45) is 0 Å². The summed E-state index contributed by atoms with van der Waals surface area (Å²) in [4.78, 5) is 0. The van der Waals surface area contributed by atoms with Crippen LogP contribution in [-0.4, -0.2) is 0 Å². The third kappa shape index (κ3) is 2.05. The summed E-state index contributed by atoms with van der Waals surface area (Å²) in [7, 11) is 0. The van der Waals surface area contributed by atoms with Crippen molar-refractivity contribution in [3.8, 4) is 17.2 Å². The summed E-state index contributed by atoms with van der Waals surface area (Å²) in [6, 6.07) is 7.90. The van der Waals surface area contributed by atoms with Gasteiger partial charge >= 0.3 is 0 Å². The summed E-state index contributed by atoms with van der Waals surface area (Å²) < 4.78 is 41.0. The van der Waals surface area contributed by atoms with E-state index in [-0.39, 0.29) is 10.6 Å². The third-order valence-corrected chi connectivity index (χ3v) is 2.62. The minimum absolute atomic E-state index is 0.190. The lowest BCUT2D eigenvalue weighted by Gasteiger charge is -2.08. The van der Waals surface area contributed by atoms with Crippen molar-refractivity contribution in [1.29, 1.82) is 5.26 Å². The molecule has 18 heavy (non-hydrogen) atoms. The fourth-order valence-electron chi connectivity index (χ4n) is 1.55. The Morgan fingerprint density at radius 2 is 1.67 bits per heavy atom. The number of halogens is 4. The molecule has 5 heteroatoms. The molecule has 0 aliphatic carbocycles. The Hall–Kier alpha value is -1.99. The molecule has 0 unspecified atom stereocenters. The van der Waals surface area contributed by atoms with Crippen molar-refractivity contribution in [1.82, 2.24) is 0 Å². The summed E-state index contributed by atoms with van der Waals surface area (Å²) >= 11 is 5.69. The second-order valence-corrected chi connectivity index (χ2v) is 3.82. The molecule has 0 amide bonds. The number of nitrogens with zero attached hydrogens (tertiary/aromatic N) is 1. The monoisotopic (exact) mass is 266 g/mol. The lowest BCUT2D eigenvalue weighted by Crippen LogP contribution is -1.95. The number of nitriles is 1. The van der Waals surface area contributed by atoms with Crippen LogP contribution in [0.15, 0.2) is 24.3 Å². The fourth-order valence-corrected chi connectivity index (χ4v) is 1.80. The van der Waals surface area contributed by atoms with Gasteiger partial charge in [0.15, 0.2) is 0 Å². The van der Waals surface area contributed by atoms with Crippen molar-refractivity contribution in [2.45, 2.75) is 0 Å². The smallest absolute Gasteiger partial charge is 0.135 e. The molecule has 0 aromatic heterocycles. The molecule has 0 N–H and O–H groups in total. The van der Waals surface area contributed by atoms with Crippen LogP contribution in [0.4, 0.5) is 13.2 Å². The maximum absolute atomic E-state index is 13.7. The summed E-state index contributed by atoms with van der Waals surface area (Å²) in [5.74, 6) is -2.96. The van der Waals surface area contributed by atoms with Crippen LogP contribution in [0.1, 0.15) is 5.56 Å². The first kappa shape index (κ1) is 12.5. The molecule has 2 aromatic rings. The van der Waals surface area contributed by atoms with Crippen molar-refractivity contribution in [3.63, 3.8) is 0 Å². The van der Waals surface area contributed by atoms with Crippen molar-refractivity contribution in [2.75, 3.05) is 0 Å². The molecule has 2 aromatic carbocycles. The second-order valence-electron chi connectivity index (χ2n) is 3.44. The molecule has 0 saturated heterocycles. The second kappa shape index (κ2) is 4.71. The summed E-state index contributed by atoms with van der Waals surface area (Å²) in [5, 5.41) is 8.34. The Kier molecular flexibility index (Phi) is 3.26. The Morgan fingerprint density at radius 1 is 1.06 bits per heavy atom. The molecule has 2 rings (SSSR count). The van der Waals surface area contributed by atoms with Gasteiger partial charge in [0.05, 0.1) is 22.2 Å². The van der Waals surface area contributed by atoms with Crippen LogP contribution in [0, 0.1) is 34.8 Å². The van der Waals surface area contributed by atoms with E-state index < -0.39 is 28.6 Å². The molecule has 0 aliphatic rings. The van der Waals surface area contributed by atoms with Gasteiger partial charge in [0, 0.05) is 11.6 Å². The normalized spacial score (nSPS) is 10.2. The topological polar surface area (TPSA) is 23.8 Å². The minimum Gasteiger partial charge on any atom is -0.206 e. The lowest BCUT2D eigenvalue weighted by molar-refractivity contribution is 0.581. The highest BCUT2D eigenvalue weighted by molar-refractivity contribution is 6.33. The summed E-state index contributed by atoms with van der Waals surface area (Å²) in [5.41, 5.74) is -1.20. The highest BCUT2D eigenvalue weighted by atomic mass is 35.5. The van der Waals surface area contributed by atoms with Crippen LogP contribution >= 0.6 is 11.6 Å². The lowest BCUT2D eigenvalue weighted by atomic mass is 10.0. The predicted octanol–water partition coefficient (Wildman–Crippen LogP) is 4.10. The van der Waals surface area contributed by atoms with Gasteiger partial charge in [-0.2, -0.15) is 5.26 Å². The van der Waals surface area contributed by atoms with Crippen LogP contribution in [0.25, 0.3) is 11.1 Å². The van der Waals surface area contributed by atoms with E-state index in [9.17, 15) is 13.2 Å². The largest absolute Gasteiger partial charge is 0.206 e. The zero-order valence-corrected chi connectivity index (χ0v) is 9.52. The minimum atomic E-state index is -1.05. The zero-order chi connectivity index (χ0) is 13.3. The third-order valence-electron chi connectivity index (χ3n) is 2.32. The van der Waals surface area contributed by atoms with Gasteiger partial charge in [0.2, 0.25) is 0 Å². The van der Waals surface area contributed by atoms with E-state index >= 15 is 0 Å². The van der Waals surface area contributed by atoms with Crippen molar-refractivity contribution in [3.05, 3.63) is 58.4 Å². The quantitative estimate of drug-likeness (QED) is 0.762. The van der Waals surface area contributed by atoms with E-state index in [0.717, 1.165) is 18.2 Å². The Morgan fingerprint density at radius 3 is 2.17 bits per heavy atom. The van der Waals surface area contributed by atoms with E-state index in [1.165, 1.54) is 6.07 Å². The average Bonchev–Trinajstić information content (AvgIpc) is 2.31.